The first kappa shape index (κ1) is 40.9. The van der Waals surface area contributed by atoms with Gasteiger partial charge in [-0.1, -0.05) is 12.1 Å². The lowest BCUT2D eigenvalue weighted by molar-refractivity contribution is -0.151. The number of benzene rings is 3. The molecule has 3 aromatic carbocycles. The molecule has 1 unspecified atom stereocenters. The smallest absolute Gasteiger partial charge is 0.437 e. The number of anilines is 1. The predicted octanol–water partition coefficient (Wildman–Crippen LogP) is 6.68. The number of aromatic carboxylic acids is 1. The largest absolute Gasteiger partial charge is 0.480 e. The number of amides is 3. The third-order valence-electron chi connectivity index (χ3n) is 8.97. The molecule has 1 aliphatic heterocycles. The second kappa shape index (κ2) is 16.6. The van der Waals surface area contributed by atoms with E-state index in [-0.39, 0.29) is 48.3 Å². The highest BCUT2D eigenvalue weighted by atomic mass is 16.6. The lowest BCUT2D eigenvalue weighted by Gasteiger charge is -2.36. The molecule has 1 heterocycles. The third-order valence-corrected chi connectivity index (χ3v) is 8.97. The van der Waals surface area contributed by atoms with E-state index in [0.29, 0.717) is 35.4 Å². The van der Waals surface area contributed by atoms with E-state index in [1.165, 1.54) is 41.3 Å². The van der Waals surface area contributed by atoms with Gasteiger partial charge in [-0.3, -0.25) is 10.1 Å². The second-order valence-corrected chi connectivity index (χ2v) is 15.7. The first-order valence-corrected chi connectivity index (χ1v) is 18.2. The average Bonchev–Trinajstić information content (AvgIpc) is 3.09. The third kappa shape index (κ3) is 10.9. The van der Waals surface area contributed by atoms with Crippen LogP contribution in [0.1, 0.15) is 110 Å². The molecule has 3 aromatic rings. The number of carboxylic acids is 2. The van der Waals surface area contributed by atoms with Crippen LogP contribution in [0, 0.1) is 0 Å². The molecule has 0 fully saturated rings. The number of fused-ring (bicyclic) bond motifs is 2. The molecule has 0 spiro atoms. The summed E-state index contributed by atoms with van der Waals surface area (Å²) in [6.07, 6.45) is 0.530. The maximum absolute atomic E-state index is 13.7. The van der Waals surface area contributed by atoms with E-state index in [4.69, 9.17) is 14.2 Å². The minimum atomic E-state index is -1.13. The van der Waals surface area contributed by atoms with Gasteiger partial charge in [0.25, 0.3) is 0 Å². The van der Waals surface area contributed by atoms with Gasteiger partial charge in [0.2, 0.25) is 11.9 Å². The van der Waals surface area contributed by atoms with Crippen LogP contribution in [0.15, 0.2) is 65.7 Å². The van der Waals surface area contributed by atoms with Crippen molar-refractivity contribution >= 4 is 47.6 Å². The zero-order chi connectivity index (χ0) is 40.9. The summed E-state index contributed by atoms with van der Waals surface area (Å²) in [5.41, 5.74) is 2.18. The first-order chi connectivity index (χ1) is 26.2. The second-order valence-electron chi connectivity index (χ2n) is 15.7. The van der Waals surface area contributed by atoms with E-state index in [1.807, 2.05) is 6.07 Å². The van der Waals surface area contributed by atoms with E-state index < -0.39 is 47.3 Å². The van der Waals surface area contributed by atoms with Crippen LogP contribution in [0.3, 0.4) is 0 Å². The van der Waals surface area contributed by atoms with E-state index in [9.17, 15) is 39.0 Å². The van der Waals surface area contributed by atoms with Crippen LogP contribution >= 0.6 is 0 Å². The number of nitrogens with one attached hydrogen (secondary N) is 2. The van der Waals surface area contributed by atoms with Crippen molar-refractivity contribution in [2.24, 2.45) is 4.99 Å². The van der Waals surface area contributed by atoms with E-state index in [1.54, 1.807) is 59.7 Å². The number of alkyl carbamates (subject to hydrolysis) is 1. The molecule has 5 rings (SSSR count). The minimum Gasteiger partial charge on any atom is -0.480 e. The molecule has 2 aliphatic rings. The van der Waals surface area contributed by atoms with Gasteiger partial charge in [0.05, 0.1) is 11.1 Å². The van der Waals surface area contributed by atoms with Crippen molar-refractivity contribution < 1.29 is 53.2 Å². The highest BCUT2D eigenvalue weighted by molar-refractivity contribution is 6.06. The molecule has 0 aromatic heterocycles. The fraction of sp³-hybridized carbons (Fsp3) is 0.390. The summed E-state index contributed by atoms with van der Waals surface area (Å²) in [5.74, 6) is -3.33. The maximum atomic E-state index is 13.7. The molecular formula is C41H46N4O11. The fourth-order valence-electron chi connectivity index (χ4n) is 6.55. The van der Waals surface area contributed by atoms with Crippen molar-refractivity contribution in [3.05, 3.63) is 94.0 Å². The van der Waals surface area contributed by atoms with Gasteiger partial charge in [-0.05, 0) is 138 Å². The molecule has 0 saturated heterocycles. The first-order valence-electron chi connectivity index (χ1n) is 18.2. The molecular weight excluding hydrogens is 724 g/mol. The summed E-state index contributed by atoms with van der Waals surface area (Å²) in [6.45, 7) is 10.1. The number of carboxylic acid groups (broad SMARTS) is 2. The summed E-state index contributed by atoms with van der Waals surface area (Å²) in [6, 6.07) is 14.8. The Hall–Kier alpha value is -6.25. The van der Waals surface area contributed by atoms with Crippen molar-refractivity contribution in [1.29, 1.82) is 0 Å². The molecule has 0 bridgehead atoms. The average molecular weight is 771 g/mol. The van der Waals surface area contributed by atoms with Gasteiger partial charge in [0.1, 0.15) is 23.0 Å². The Kier molecular flexibility index (Phi) is 12.2. The molecule has 296 valence electrons. The van der Waals surface area contributed by atoms with Crippen molar-refractivity contribution in [2.45, 2.75) is 103 Å². The van der Waals surface area contributed by atoms with E-state index in [2.05, 4.69) is 15.6 Å². The summed E-state index contributed by atoms with van der Waals surface area (Å²) in [7, 11) is 0. The number of aliphatic carboxylic acids is 1. The molecule has 2 atom stereocenters. The van der Waals surface area contributed by atoms with Gasteiger partial charge >= 0.3 is 30.1 Å². The van der Waals surface area contributed by atoms with E-state index in [0.717, 1.165) is 17.5 Å². The molecule has 0 saturated carbocycles. The van der Waals surface area contributed by atoms with Gasteiger partial charge in [0.15, 0.2) is 0 Å². The minimum absolute atomic E-state index is 0.00155. The van der Waals surface area contributed by atoms with Crippen molar-refractivity contribution in [3.8, 4) is 5.75 Å². The molecule has 4 N–H and O–H groups in total. The van der Waals surface area contributed by atoms with Crippen molar-refractivity contribution in [1.82, 2.24) is 10.2 Å². The number of aliphatic imine (C=N–C) groups is 1. The number of rotatable bonds is 7. The van der Waals surface area contributed by atoms with Gasteiger partial charge in [-0.15, -0.1) is 4.99 Å². The highest BCUT2D eigenvalue weighted by Gasteiger charge is 2.36. The Morgan fingerprint density at radius 1 is 0.821 bits per heavy atom. The van der Waals surface area contributed by atoms with E-state index >= 15 is 0 Å². The maximum Gasteiger partial charge on any atom is 0.437 e. The topological polar surface area (TPSA) is 210 Å². The highest BCUT2D eigenvalue weighted by Crippen LogP contribution is 2.37. The van der Waals surface area contributed by atoms with Crippen LogP contribution in [-0.2, 0) is 38.4 Å². The van der Waals surface area contributed by atoms with Crippen LogP contribution in [-0.4, -0.2) is 74.3 Å². The SMILES string of the molecule is CC(C)(C)OC(=O)N=C(NC(=O)OC(C)(C)C)Nc1ccc(C(=O)Oc2ccc3c(c2)CCCC3CC(=O)N2Cc3cc(C(=O)O)ccc3C[C@@H]2C(=O)O)cc1. The van der Waals surface area contributed by atoms with Crippen LogP contribution in [0.4, 0.5) is 15.3 Å². The predicted molar refractivity (Wildman–Crippen MR) is 204 cm³/mol. The number of hydrogen-bond donors (Lipinski definition) is 4. The standard InChI is InChI=1S/C41H46N4O11/c1-40(2,3)55-38(52)43-37(44-39(53)56-41(4,5)6)42-29-14-12-23(13-15-29)36(51)54-30-16-17-31-25(19-30)8-7-9-26(31)21-33(46)45-22-28-18-27(34(47)48)11-10-24(28)20-32(45)35(49)50/h10-19,26,32H,7-9,20-22H2,1-6H3,(H,47,48)(H,49,50)(H2,42,43,44,52,53)/t26?,32-/m1/s1. The number of hydrogen-bond acceptors (Lipinski definition) is 9. The lowest BCUT2D eigenvalue weighted by Crippen LogP contribution is -2.49. The number of ether oxygens (including phenoxy) is 3. The molecule has 56 heavy (non-hydrogen) atoms. The zero-order valence-corrected chi connectivity index (χ0v) is 32.1. The Morgan fingerprint density at radius 3 is 2.14 bits per heavy atom. The summed E-state index contributed by atoms with van der Waals surface area (Å²) < 4.78 is 16.2. The van der Waals surface area contributed by atoms with Crippen LogP contribution in [0.2, 0.25) is 0 Å². The normalized spacial score (nSPS) is 16.8. The van der Waals surface area contributed by atoms with Crippen molar-refractivity contribution in [3.63, 3.8) is 0 Å². The van der Waals surface area contributed by atoms with Crippen LogP contribution < -0.4 is 15.4 Å². The molecule has 3 amide bonds. The van der Waals surface area contributed by atoms with Gasteiger partial charge < -0.3 is 34.6 Å². The zero-order valence-electron chi connectivity index (χ0n) is 32.1. The van der Waals surface area contributed by atoms with Gasteiger partial charge in [-0.2, -0.15) is 0 Å². The Morgan fingerprint density at radius 2 is 1.50 bits per heavy atom. The number of aryl methyl sites for hydroxylation is 1. The number of carbonyl (C=O) groups excluding carboxylic acids is 4. The number of esters is 1. The Balaban J connectivity index is 1.24. The summed E-state index contributed by atoms with van der Waals surface area (Å²) in [4.78, 5) is 80.6. The fourth-order valence-corrected chi connectivity index (χ4v) is 6.55. The molecule has 1 aliphatic carbocycles. The number of carbonyl (C=O) groups is 6. The monoisotopic (exact) mass is 770 g/mol. The number of nitrogens with zero attached hydrogens (tertiary/aromatic N) is 2. The van der Waals surface area contributed by atoms with Gasteiger partial charge in [0, 0.05) is 25.1 Å². The number of guanidine groups is 1. The summed E-state index contributed by atoms with van der Waals surface area (Å²) >= 11 is 0. The quantitative estimate of drug-likeness (QED) is 0.0858. The molecule has 15 nitrogen and oxygen atoms in total. The van der Waals surface area contributed by atoms with Crippen molar-refractivity contribution in [2.75, 3.05) is 5.32 Å². The Bertz CT molecular complexity index is 2060. The van der Waals surface area contributed by atoms with Gasteiger partial charge in [-0.25, -0.2) is 24.0 Å². The van der Waals surface area contributed by atoms with Crippen LogP contribution in [0.5, 0.6) is 5.75 Å². The lowest BCUT2D eigenvalue weighted by atomic mass is 9.80. The molecule has 15 heteroatoms. The Labute approximate surface area is 324 Å². The summed E-state index contributed by atoms with van der Waals surface area (Å²) in [5, 5.41) is 24.6. The molecule has 0 radical (unpaired) electrons. The van der Waals surface area contributed by atoms with Crippen LogP contribution in [0.25, 0.3) is 0 Å².